The summed E-state index contributed by atoms with van der Waals surface area (Å²) in [7, 11) is 0. The normalized spacial score (nSPS) is 12.7. The van der Waals surface area contributed by atoms with Gasteiger partial charge in [-0.25, -0.2) is 9.59 Å². The van der Waals surface area contributed by atoms with Crippen LogP contribution in [0.4, 0.5) is 11.4 Å². The van der Waals surface area contributed by atoms with Crippen LogP contribution in [0.25, 0.3) is 0 Å². The molecule has 10 nitrogen and oxygen atoms in total. The number of rotatable bonds is 4. The van der Waals surface area contributed by atoms with Crippen molar-refractivity contribution >= 4 is 46.6 Å². The average Bonchev–Trinajstić information content (AvgIpc) is 3.00. The van der Waals surface area contributed by atoms with Gasteiger partial charge < -0.3 is 20.4 Å². The summed E-state index contributed by atoms with van der Waals surface area (Å²) < 4.78 is 0. The number of carbonyl (C=O) groups excluding carboxylic acids is 1. The molecule has 29 heavy (non-hydrogen) atoms. The van der Waals surface area contributed by atoms with Gasteiger partial charge in [-0.1, -0.05) is 6.07 Å². The van der Waals surface area contributed by atoms with E-state index in [1.165, 1.54) is 37.3 Å². The number of nitro benzene ring substituents is 1. The average molecular weight is 417 g/mol. The highest BCUT2D eigenvalue weighted by molar-refractivity contribution is 7.80. The summed E-state index contributed by atoms with van der Waals surface area (Å²) in [5, 5.41) is 30.6. The second-order valence-electron chi connectivity index (χ2n) is 5.80. The summed E-state index contributed by atoms with van der Waals surface area (Å²) in [4.78, 5) is 43.8. The number of aromatic carboxylic acids is 2. The van der Waals surface area contributed by atoms with Gasteiger partial charge in [-0.3, -0.25) is 14.9 Å². The van der Waals surface area contributed by atoms with Gasteiger partial charge in [0.15, 0.2) is 5.11 Å². The predicted molar refractivity (Wildman–Crippen MR) is 106 cm³/mol. The topological polar surface area (TPSA) is 150 Å². The first-order valence-corrected chi connectivity index (χ1v) is 8.44. The van der Waals surface area contributed by atoms with Crippen LogP contribution in [0.1, 0.15) is 26.3 Å². The van der Waals surface area contributed by atoms with Crippen LogP contribution in [-0.4, -0.2) is 44.6 Å². The molecule has 3 N–H and O–H groups in total. The molecule has 2 aromatic rings. The van der Waals surface area contributed by atoms with E-state index in [1.54, 1.807) is 17.0 Å². The first kappa shape index (κ1) is 21.4. The second-order valence-corrected chi connectivity index (χ2v) is 6.19. The Labute approximate surface area is 169 Å². The van der Waals surface area contributed by atoms with Gasteiger partial charge in [0.05, 0.1) is 16.1 Å². The van der Waals surface area contributed by atoms with E-state index >= 15 is 0 Å². The van der Waals surface area contributed by atoms with E-state index in [-0.39, 0.29) is 34.8 Å². The van der Waals surface area contributed by atoms with Gasteiger partial charge in [0.2, 0.25) is 5.91 Å². The number of benzene rings is 2. The van der Waals surface area contributed by atoms with Crippen LogP contribution < -0.4 is 10.2 Å². The minimum Gasteiger partial charge on any atom is -0.478 e. The van der Waals surface area contributed by atoms with Crippen LogP contribution in [0.15, 0.2) is 42.5 Å². The zero-order valence-electron chi connectivity index (χ0n) is 15.0. The van der Waals surface area contributed by atoms with E-state index in [0.29, 0.717) is 10.8 Å². The lowest BCUT2D eigenvalue weighted by Gasteiger charge is -2.14. The molecule has 1 aliphatic rings. The number of carbonyl (C=O) groups is 3. The van der Waals surface area contributed by atoms with Crippen molar-refractivity contribution in [1.82, 2.24) is 5.32 Å². The smallest absolute Gasteiger partial charge is 0.335 e. The zero-order chi connectivity index (χ0) is 21.7. The fourth-order valence-electron chi connectivity index (χ4n) is 2.50. The summed E-state index contributed by atoms with van der Waals surface area (Å²) in [6.45, 7) is 1.63. The third-order valence-electron chi connectivity index (χ3n) is 3.96. The molecule has 0 aliphatic carbocycles. The molecule has 1 fully saturated rings. The summed E-state index contributed by atoms with van der Waals surface area (Å²) in [5.41, 5.74) is 1.00. The van der Waals surface area contributed by atoms with Crippen LogP contribution >= 0.6 is 12.2 Å². The molecule has 1 aliphatic heterocycles. The Morgan fingerprint density at radius 3 is 2.00 bits per heavy atom. The van der Waals surface area contributed by atoms with Crippen LogP contribution in [0.2, 0.25) is 0 Å². The van der Waals surface area contributed by atoms with E-state index in [2.05, 4.69) is 5.32 Å². The summed E-state index contributed by atoms with van der Waals surface area (Å²) >= 11 is 4.94. The number of hydrogen-bond acceptors (Lipinski definition) is 6. The maximum Gasteiger partial charge on any atom is 0.335 e. The highest BCUT2D eigenvalue weighted by Crippen LogP contribution is 2.20. The van der Waals surface area contributed by atoms with Gasteiger partial charge in [-0.2, -0.15) is 0 Å². The largest absolute Gasteiger partial charge is 0.478 e. The lowest BCUT2D eigenvalue weighted by atomic mass is 10.0. The molecule has 0 unspecified atom stereocenters. The van der Waals surface area contributed by atoms with Gasteiger partial charge in [0.1, 0.15) is 6.54 Å². The Morgan fingerprint density at radius 1 is 1.10 bits per heavy atom. The number of amides is 1. The summed E-state index contributed by atoms with van der Waals surface area (Å²) in [6, 6.07) is 10.0. The molecule has 0 bridgehead atoms. The third kappa shape index (κ3) is 5.11. The van der Waals surface area contributed by atoms with Crippen LogP contribution in [0.3, 0.4) is 0 Å². The van der Waals surface area contributed by atoms with Gasteiger partial charge in [-0.05, 0) is 49.0 Å². The Bertz CT molecular complexity index is 973. The van der Waals surface area contributed by atoms with E-state index in [1.807, 2.05) is 0 Å². The zero-order valence-corrected chi connectivity index (χ0v) is 15.8. The number of thiocarbonyl (C=S) groups is 1. The van der Waals surface area contributed by atoms with Gasteiger partial charge in [0.25, 0.3) is 5.69 Å². The molecule has 1 amide bonds. The van der Waals surface area contributed by atoms with Crippen molar-refractivity contribution in [2.24, 2.45) is 0 Å². The van der Waals surface area contributed by atoms with Crippen LogP contribution in [0.5, 0.6) is 0 Å². The maximum absolute atomic E-state index is 11.1. The van der Waals surface area contributed by atoms with Crippen molar-refractivity contribution in [3.05, 3.63) is 69.3 Å². The predicted octanol–water partition coefficient (Wildman–Crippen LogP) is 2.21. The molecule has 150 valence electrons. The molecule has 1 saturated heterocycles. The summed E-state index contributed by atoms with van der Waals surface area (Å²) in [5.74, 6) is -2.40. The van der Waals surface area contributed by atoms with E-state index in [4.69, 9.17) is 22.4 Å². The molecule has 3 rings (SSSR count). The molecular weight excluding hydrogens is 402 g/mol. The molecule has 2 aromatic carbocycles. The number of carboxylic acids is 2. The number of nitro groups is 1. The molecule has 1 heterocycles. The number of hydrogen-bond donors (Lipinski definition) is 3. The molecule has 0 atom stereocenters. The molecule has 0 spiro atoms. The molecule has 0 aromatic heterocycles. The Kier molecular flexibility index (Phi) is 6.57. The number of nitrogens with one attached hydrogen (secondary N) is 1. The second kappa shape index (κ2) is 8.89. The Hall–Kier alpha value is -3.86. The van der Waals surface area contributed by atoms with Crippen molar-refractivity contribution in [2.75, 3.05) is 11.4 Å². The van der Waals surface area contributed by atoms with Crippen LogP contribution in [0, 0.1) is 17.0 Å². The van der Waals surface area contributed by atoms with E-state index in [0.717, 1.165) is 0 Å². The first-order chi connectivity index (χ1) is 13.6. The monoisotopic (exact) mass is 417 g/mol. The lowest BCUT2D eigenvalue weighted by molar-refractivity contribution is -0.384. The fraction of sp³-hybridized carbons (Fsp3) is 0.111. The molecule has 11 heteroatoms. The minimum atomic E-state index is -1.11. The van der Waals surface area contributed by atoms with Crippen molar-refractivity contribution in [2.45, 2.75) is 6.92 Å². The van der Waals surface area contributed by atoms with Crippen LogP contribution in [-0.2, 0) is 4.79 Å². The first-order valence-electron chi connectivity index (χ1n) is 8.03. The van der Waals surface area contributed by atoms with Crippen molar-refractivity contribution in [3.8, 4) is 0 Å². The van der Waals surface area contributed by atoms with Crippen molar-refractivity contribution < 1.29 is 29.5 Å². The third-order valence-corrected chi connectivity index (χ3v) is 4.28. The molecular formula is C18H15N3O7S. The van der Waals surface area contributed by atoms with Crippen molar-refractivity contribution in [1.29, 1.82) is 0 Å². The summed E-state index contributed by atoms with van der Waals surface area (Å²) in [6.07, 6.45) is 0. The number of nitrogens with zero attached hydrogens (tertiary/aromatic N) is 2. The molecule has 0 radical (unpaired) electrons. The number of anilines is 1. The van der Waals surface area contributed by atoms with Gasteiger partial charge in [-0.15, -0.1) is 0 Å². The van der Waals surface area contributed by atoms with Gasteiger partial charge in [0, 0.05) is 17.8 Å². The Morgan fingerprint density at radius 2 is 1.62 bits per heavy atom. The fourth-order valence-corrected chi connectivity index (χ4v) is 2.79. The van der Waals surface area contributed by atoms with Gasteiger partial charge >= 0.3 is 11.9 Å². The lowest BCUT2D eigenvalue weighted by Crippen LogP contribution is -2.27. The highest BCUT2D eigenvalue weighted by atomic mass is 32.1. The molecule has 0 saturated carbocycles. The maximum atomic E-state index is 11.1. The number of non-ortho nitro benzene ring substituents is 1. The SMILES string of the molecule is Cc1c(C(=O)O)cccc1C(=O)O.O=C1CN(c2ccc([N+](=O)[O-])cc2)C(=S)N1. The standard InChI is InChI=1S/C9H7N3O3S.C9H8O4/c13-8-5-11(9(16)10-8)6-1-3-7(4-2-6)12(14)15;1-5-6(8(10)11)3-2-4-7(5)9(12)13/h1-4H,5H2,(H,10,13,16);2-4H,1H3,(H,10,11)(H,12,13). The quantitative estimate of drug-likeness (QED) is 0.386. The number of carboxylic acid groups (broad SMARTS) is 2. The van der Waals surface area contributed by atoms with Crippen molar-refractivity contribution in [3.63, 3.8) is 0 Å². The highest BCUT2D eigenvalue weighted by Gasteiger charge is 2.24. The minimum absolute atomic E-state index is 0.00755. The van der Waals surface area contributed by atoms with E-state index < -0.39 is 16.9 Å². The van der Waals surface area contributed by atoms with E-state index in [9.17, 15) is 24.5 Å². The Balaban J connectivity index is 0.000000212.